The Labute approximate surface area is 190 Å². The number of carbonyl (C=O) groups is 2. The topological polar surface area (TPSA) is 89.4 Å². The number of pyridine rings is 1. The van der Waals surface area contributed by atoms with Crippen LogP contribution >= 0.6 is 11.6 Å². The summed E-state index contributed by atoms with van der Waals surface area (Å²) < 4.78 is 44.6. The summed E-state index contributed by atoms with van der Waals surface area (Å²) in [4.78, 5) is 36.7. The zero-order chi connectivity index (χ0) is 24.2. The number of nitrogens with zero attached hydrogens (tertiary/aromatic N) is 1. The summed E-state index contributed by atoms with van der Waals surface area (Å²) in [7, 11) is 1.48. The third-order valence-corrected chi connectivity index (χ3v) is 4.74. The van der Waals surface area contributed by atoms with Gasteiger partial charge in [0.1, 0.15) is 17.3 Å². The molecule has 3 aromatic rings. The van der Waals surface area contributed by atoms with E-state index in [1.807, 2.05) is 0 Å². The van der Waals surface area contributed by atoms with Crippen LogP contribution in [0.25, 0.3) is 0 Å². The largest absolute Gasteiger partial charge is 0.495 e. The van der Waals surface area contributed by atoms with Crippen molar-refractivity contribution in [3.05, 3.63) is 87.3 Å². The van der Waals surface area contributed by atoms with E-state index in [0.29, 0.717) is 33.8 Å². The Kier molecular flexibility index (Phi) is 7.07. The molecule has 0 spiro atoms. The molecule has 0 radical (unpaired) electrons. The van der Waals surface area contributed by atoms with Crippen molar-refractivity contribution < 1.29 is 27.5 Å². The minimum absolute atomic E-state index is 0.278. The molecule has 2 amide bonds. The summed E-state index contributed by atoms with van der Waals surface area (Å²) in [6.45, 7) is -0.682. The maximum Gasteiger partial charge on any atom is 0.417 e. The third kappa shape index (κ3) is 5.92. The normalized spacial score (nSPS) is 11.1. The zero-order valence-corrected chi connectivity index (χ0v) is 17.8. The lowest BCUT2D eigenvalue weighted by atomic mass is 10.2. The van der Waals surface area contributed by atoms with Crippen LogP contribution in [0.5, 0.6) is 5.75 Å². The molecule has 172 valence electrons. The summed E-state index contributed by atoms with van der Waals surface area (Å²) in [5.41, 5.74) is -1.03. The molecular weight excluding hydrogens is 463 g/mol. The number of hydrogen-bond donors (Lipinski definition) is 2. The fourth-order valence-corrected chi connectivity index (χ4v) is 3.10. The predicted molar refractivity (Wildman–Crippen MR) is 117 cm³/mol. The molecule has 0 atom stereocenters. The van der Waals surface area contributed by atoms with Gasteiger partial charge < -0.3 is 19.9 Å². The van der Waals surface area contributed by atoms with Gasteiger partial charge in [-0.3, -0.25) is 14.4 Å². The van der Waals surface area contributed by atoms with Gasteiger partial charge >= 0.3 is 6.18 Å². The first-order valence-corrected chi connectivity index (χ1v) is 9.77. The number of hydrogen-bond acceptors (Lipinski definition) is 4. The molecule has 33 heavy (non-hydrogen) atoms. The molecule has 11 heteroatoms. The van der Waals surface area contributed by atoms with E-state index in [0.717, 1.165) is 0 Å². The van der Waals surface area contributed by atoms with Crippen molar-refractivity contribution in [1.29, 1.82) is 0 Å². The minimum Gasteiger partial charge on any atom is -0.495 e. The van der Waals surface area contributed by atoms with Gasteiger partial charge in [-0.1, -0.05) is 23.7 Å². The Morgan fingerprint density at radius 1 is 1.06 bits per heavy atom. The van der Waals surface area contributed by atoms with E-state index in [1.165, 1.54) is 31.4 Å². The molecule has 0 saturated heterocycles. The van der Waals surface area contributed by atoms with Gasteiger partial charge in [0.05, 0.1) is 18.4 Å². The Hall–Kier alpha value is -3.79. The summed E-state index contributed by atoms with van der Waals surface area (Å²) in [6, 6.07) is 13.2. The summed E-state index contributed by atoms with van der Waals surface area (Å²) in [6.07, 6.45) is -4.20. The number of benzene rings is 2. The monoisotopic (exact) mass is 479 g/mol. The van der Waals surface area contributed by atoms with Gasteiger partial charge in [-0.15, -0.1) is 0 Å². The number of halogens is 4. The summed E-state index contributed by atoms with van der Waals surface area (Å²) >= 11 is 5.58. The number of alkyl halides is 3. The Morgan fingerprint density at radius 2 is 1.73 bits per heavy atom. The van der Waals surface area contributed by atoms with Crippen LogP contribution in [0.2, 0.25) is 5.02 Å². The Balaban J connectivity index is 1.68. The number of ether oxygens (including phenoxy) is 1. The minimum atomic E-state index is -4.73. The molecule has 0 aliphatic heterocycles. The van der Waals surface area contributed by atoms with Crippen LogP contribution in [0.15, 0.2) is 65.6 Å². The second kappa shape index (κ2) is 9.78. The second-order valence-corrected chi connectivity index (χ2v) is 7.19. The van der Waals surface area contributed by atoms with E-state index in [-0.39, 0.29) is 5.69 Å². The van der Waals surface area contributed by atoms with Gasteiger partial charge in [-0.2, -0.15) is 13.2 Å². The average molecular weight is 480 g/mol. The summed E-state index contributed by atoms with van der Waals surface area (Å²) in [5.74, 6) is -0.680. The molecule has 0 bridgehead atoms. The lowest BCUT2D eigenvalue weighted by Gasteiger charge is -2.12. The smallest absolute Gasteiger partial charge is 0.417 e. The van der Waals surface area contributed by atoms with Crippen LogP contribution in [-0.4, -0.2) is 23.5 Å². The van der Waals surface area contributed by atoms with Gasteiger partial charge in [0.2, 0.25) is 5.91 Å². The molecule has 0 fully saturated rings. The summed E-state index contributed by atoms with van der Waals surface area (Å²) in [5, 5.41) is 4.51. The Bertz CT molecular complexity index is 1240. The molecule has 0 unspecified atom stereocenters. The van der Waals surface area contributed by atoms with Crippen LogP contribution < -0.4 is 20.9 Å². The molecule has 2 aromatic carbocycles. The van der Waals surface area contributed by atoms with Gasteiger partial charge in [-0.05, 0) is 42.5 Å². The number of para-hydroxylation sites is 2. The highest BCUT2D eigenvalue weighted by atomic mass is 35.5. The van der Waals surface area contributed by atoms with Gasteiger partial charge in [-0.25, -0.2) is 0 Å². The number of carbonyl (C=O) groups excluding carboxylic acids is 2. The first-order chi connectivity index (χ1) is 15.6. The molecule has 1 heterocycles. The second-order valence-electron chi connectivity index (χ2n) is 6.79. The molecule has 0 saturated carbocycles. The number of methoxy groups -OCH3 is 1. The van der Waals surface area contributed by atoms with Crippen LogP contribution in [-0.2, 0) is 17.5 Å². The molecule has 2 N–H and O–H groups in total. The van der Waals surface area contributed by atoms with Crippen LogP contribution in [0.1, 0.15) is 15.9 Å². The first-order valence-electron chi connectivity index (χ1n) is 9.40. The standard InChI is InChI=1S/C22H17ClF3N3O4/c1-33-18-5-3-2-4-17(18)28-20(31)13-6-8-15(9-7-13)27-19(30)12-29-11-14(22(24,25)26)10-16(23)21(29)32/h2-11H,12H2,1H3,(H,27,30)(H,28,31). The van der Waals surface area contributed by atoms with Crippen molar-refractivity contribution in [3.8, 4) is 5.75 Å². The molecule has 3 rings (SSSR count). The number of anilines is 2. The maximum absolute atomic E-state index is 12.9. The van der Waals surface area contributed by atoms with Gasteiger partial charge in [0, 0.05) is 17.4 Å². The van der Waals surface area contributed by atoms with Crippen molar-refractivity contribution in [2.24, 2.45) is 0 Å². The molecule has 7 nitrogen and oxygen atoms in total. The highest BCUT2D eigenvalue weighted by Gasteiger charge is 2.32. The lowest BCUT2D eigenvalue weighted by Crippen LogP contribution is -2.29. The van der Waals surface area contributed by atoms with Crippen LogP contribution in [0.4, 0.5) is 24.5 Å². The molecule has 0 aliphatic carbocycles. The first kappa shape index (κ1) is 23.9. The van der Waals surface area contributed by atoms with E-state index in [9.17, 15) is 27.6 Å². The maximum atomic E-state index is 12.9. The third-order valence-electron chi connectivity index (χ3n) is 4.47. The number of nitrogens with one attached hydrogen (secondary N) is 2. The predicted octanol–water partition coefficient (Wildman–Crippen LogP) is 4.42. The number of rotatable bonds is 6. The van der Waals surface area contributed by atoms with Crippen LogP contribution in [0, 0.1) is 0 Å². The zero-order valence-electron chi connectivity index (χ0n) is 17.1. The van der Waals surface area contributed by atoms with Gasteiger partial charge in [0.25, 0.3) is 11.5 Å². The highest BCUT2D eigenvalue weighted by molar-refractivity contribution is 6.30. The lowest BCUT2D eigenvalue weighted by molar-refractivity contribution is -0.138. The highest BCUT2D eigenvalue weighted by Crippen LogP contribution is 2.29. The molecular formula is C22H17ClF3N3O4. The average Bonchev–Trinajstić information content (AvgIpc) is 2.76. The van der Waals surface area contributed by atoms with E-state index < -0.39 is 40.7 Å². The number of aromatic nitrogens is 1. The van der Waals surface area contributed by atoms with Gasteiger partial charge in [0.15, 0.2) is 0 Å². The Morgan fingerprint density at radius 3 is 2.36 bits per heavy atom. The van der Waals surface area contributed by atoms with Crippen molar-refractivity contribution in [3.63, 3.8) is 0 Å². The number of amides is 2. The van der Waals surface area contributed by atoms with E-state index in [4.69, 9.17) is 16.3 Å². The van der Waals surface area contributed by atoms with E-state index in [1.54, 1.807) is 24.3 Å². The quantitative estimate of drug-likeness (QED) is 0.547. The fraction of sp³-hybridized carbons (Fsp3) is 0.136. The SMILES string of the molecule is COc1ccccc1NC(=O)c1ccc(NC(=O)Cn2cc(C(F)(F)F)cc(Cl)c2=O)cc1. The van der Waals surface area contributed by atoms with E-state index >= 15 is 0 Å². The van der Waals surface area contributed by atoms with E-state index in [2.05, 4.69) is 10.6 Å². The van der Waals surface area contributed by atoms with Crippen molar-refractivity contribution in [2.75, 3.05) is 17.7 Å². The fourth-order valence-electron chi connectivity index (χ4n) is 2.87. The van der Waals surface area contributed by atoms with Crippen molar-refractivity contribution in [1.82, 2.24) is 4.57 Å². The molecule has 1 aromatic heterocycles. The van der Waals surface area contributed by atoms with Crippen molar-refractivity contribution in [2.45, 2.75) is 12.7 Å². The van der Waals surface area contributed by atoms with Crippen LogP contribution in [0.3, 0.4) is 0 Å². The van der Waals surface area contributed by atoms with Crippen molar-refractivity contribution >= 4 is 34.8 Å². The molecule has 0 aliphatic rings.